The van der Waals surface area contributed by atoms with Crippen LogP contribution in [0, 0.1) is 0 Å². The van der Waals surface area contributed by atoms with E-state index in [2.05, 4.69) is 4.74 Å². The monoisotopic (exact) mass is 376 g/mol. The first-order valence-electron chi connectivity index (χ1n) is 7.04. The van der Waals surface area contributed by atoms with Gasteiger partial charge in [-0.2, -0.15) is 39.5 Å². The van der Waals surface area contributed by atoms with Gasteiger partial charge in [0.1, 0.15) is 18.2 Å². The number of rotatable bonds is 3. The Morgan fingerprint density at radius 1 is 0.958 bits per heavy atom. The molecular formula is C12H15F9NO2+. The van der Waals surface area contributed by atoms with E-state index in [1.54, 1.807) is 0 Å². The largest absolute Gasteiger partial charge is 0.435 e. The lowest BCUT2D eigenvalue weighted by Gasteiger charge is -2.39. The second-order valence-corrected chi connectivity index (χ2v) is 6.22. The summed E-state index contributed by atoms with van der Waals surface area (Å²) in [5.74, 6) is 0. The van der Waals surface area contributed by atoms with Crippen LogP contribution >= 0.6 is 0 Å². The summed E-state index contributed by atoms with van der Waals surface area (Å²) in [5.41, 5.74) is -7.29. The van der Waals surface area contributed by atoms with Gasteiger partial charge in [0.05, 0.1) is 13.2 Å². The van der Waals surface area contributed by atoms with Crippen LogP contribution in [0.5, 0.6) is 0 Å². The zero-order chi connectivity index (χ0) is 18.6. The molecule has 0 amide bonds. The molecule has 2 fully saturated rings. The fourth-order valence-corrected chi connectivity index (χ4v) is 3.70. The van der Waals surface area contributed by atoms with E-state index in [0.717, 1.165) is 0 Å². The fourth-order valence-electron chi connectivity index (χ4n) is 3.70. The molecule has 24 heavy (non-hydrogen) atoms. The number of hydrogen-bond acceptors (Lipinski definition) is 2. The molecule has 0 aromatic rings. The number of aliphatic hydroxyl groups excluding tert-OH is 1. The van der Waals surface area contributed by atoms with Crippen molar-refractivity contribution in [1.29, 1.82) is 0 Å². The van der Waals surface area contributed by atoms with E-state index in [9.17, 15) is 44.6 Å². The highest BCUT2D eigenvalue weighted by Crippen LogP contribution is 2.55. The van der Waals surface area contributed by atoms with Crippen LogP contribution in [0.2, 0.25) is 0 Å². The molecule has 1 unspecified atom stereocenters. The lowest BCUT2D eigenvalue weighted by molar-refractivity contribution is -0.927. The Bertz CT molecular complexity index is 437. The Kier molecular flexibility index (Phi) is 4.59. The van der Waals surface area contributed by atoms with Gasteiger partial charge in [0.15, 0.2) is 0 Å². The first-order chi connectivity index (χ1) is 10.7. The molecule has 12 heteroatoms. The summed E-state index contributed by atoms with van der Waals surface area (Å²) in [4.78, 5) is 0.468. The molecule has 0 aliphatic carbocycles. The summed E-state index contributed by atoms with van der Waals surface area (Å²) >= 11 is 0. The Hall–Kier alpha value is -0.750. The minimum Gasteiger partial charge on any atom is -0.390 e. The average Bonchev–Trinajstić information content (AvgIpc) is 2.87. The van der Waals surface area contributed by atoms with Crippen LogP contribution in [0.15, 0.2) is 0 Å². The molecule has 142 valence electrons. The molecule has 0 radical (unpaired) electrons. The van der Waals surface area contributed by atoms with Crippen molar-refractivity contribution in [3.05, 3.63) is 0 Å². The van der Waals surface area contributed by atoms with Crippen molar-refractivity contribution in [2.75, 3.05) is 19.7 Å². The highest BCUT2D eigenvalue weighted by molar-refractivity contribution is 5.04. The molecule has 0 aromatic carbocycles. The number of aliphatic hydroxyl groups is 1. The van der Waals surface area contributed by atoms with Gasteiger partial charge in [0.2, 0.25) is 0 Å². The molecule has 0 saturated carbocycles. The smallest absolute Gasteiger partial charge is 0.390 e. The highest BCUT2D eigenvalue weighted by Gasteiger charge is 2.86. The third kappa shape index (κ3) is 2.75. The number of quaternary nitrogens is 1. The second kappa shape index (κ2) is 5.63. The first kappa shape index (κ1) is 19.6. The molecule has 0 bridgehead atoms. The summed E-state index contributed by atoms with van der Waals surface area (Å²) in [7, 11) is 0. The molecule has 0 aromatic heterocycles. The minimum absolute atomic E-state index is 0.301. The Morgan fingerprint density at radius 2 is 1.46 bits per heavy atom. The minimum atomic E-state index is -6.72. The van der Waals surface area contributed by atoms with Crippen LogP contribution in [0.25, 0.3) is 0 Å². The predicted octanol–water partition coefficient (Wildman–Crippen LogP) is 1.61. The third-order valence-electron chi connectivity index (χ3n) is 4.82. The number of nitrogens with one attached hydrogen (secondary N) is 1. The van der Waals surface area contributed by atoms with Gasteiger partial charge >= 0.3 is 24.1 Å². The number of halogens is 9. The van der Waals surface area contributed by atoms with Gasteiger partial charge in [-0.25, -0.2) is 0 Å². The summed E-state index contributed by atoms with van der Waals surface area (Å²) in [6.45, 7) is -0.652. The van der Waals surface area contributed by atoms with Gasteiger partial charge in [-0.15, -0.1) is 0 Å². The number of alkyl halides is 9. The predicted molar refractivity (Wildman–Crippen MR) is 60.1 cm³/mol. The topological polar surface area (TPSA) is 33.9 Å². The lowest BCUT2D eigenvalue weighted by Crippen LogP contribution is -3.16. The summed E-state index contributed by atoms with van der Waals surface area (Å²) < 4.78 is 120. The van der Waals surface area contributed by atoms with Gasteiger partial charge < -0.3 is 14.7 Å². The molecule has 0 spiro atoms. The maximum Gasteiger partial charge on any atom is 0.435 e. The first-order valence-corrected chi connectivity index (χ1v) is 7.04. The molecule has 2 aliphatic heterocycles. The van der Waals surface area contributed by atoms with Crippen LogP contribution in [-0.4, -0.2) is 60.6 Å². The molecule has 2 N–H and O–H groups in total. The standard InChI is InChI=1S/C12H14F9NO2/c13-10(14,15)9(11(16,17)18,12(19,20)21)24-7-4-8(6-23)2-1-3-22(8)5-7/h7,23H,1-6H2/p+1/t7-,8-/m1/s1. The van der Waals surface area contributed by atoms with Gasteiger partial charge in [-0.05, 0) is 0 Å². The van der Waals surface area contributed by atoms with Crippen molar-refractivity contribution < 1.29 is 54.3 Å². The lowest BCUT2D eigenvalue weighted by atomic mass is 9.93. The van der Waals surface area contributed by atoms with Crippen molar-refractivity contribution in [2.45, 2.75) is 55.0 Å². The zero-order valence-corrected chi connectivity index (χ0v) is 12.1. The van der Waals surface area contributed by atoms with E-state index in [4.69, 9.17) is 0 Å². The molecule has 2 heterocycles. The molecule has 2 rings (SSSR count). The maximum absolute atomic E-state index is 12.9. The van der Waals surface area contributed by atoms with Gasteiger partial charge in [0, 0.05) is 19.3 Å². The third-order valence-corrected chi connectivity index (χ3v) is 4.82. The van der Waals surface area contributed by atoms with E-state index in [-0.39, 0.29) is 0 Å². The maximum atomic E-state index is 12.9. The van der Waals surface area contributed by atoms with Crippen LogP contribution < -0.4 is 4.90 Å². The summed E-state index contributed by atoms with van der Waals surface area (Å²) in [6, 6.07) is 0. The van der Waals surface area contributed by atoms with Crippen molar-refractivity contribution in [2.24, 2.45) is 0 Å². The fraction of sp³-hybridized carbons (Fsp3) is 1.00. The highest BCUT2D eigenvalue weighted by atomic mass is 19.4. The van der Waals surface area contributed by atoms with E-state index in [0.29, 0.717) is 24.3 Å². The number of fused-ring (bicyclic) bond motifs is 1. The van der Waals surface area contributed by atoms with Crippen molar-refractivity contribution in [3.63, 3.8) is 0 Å². The molecule has 3 nitrogen and oxygen atoms in total. The Morgan fingerprint density at radius 3 is 1.83 bits per heavy atom. The summed E-state index contributed by atoms with van der Waals surface area (Å²) in [6.07, 6.45) is -21.7. The van der Waals surface area contributed by atoms with Crippen LogP contribution in [0.1, 0.15) is 19.3 Å². The van der Waals surface area contributed by atoms with E-state index in [1.807, 2.05) is 0 Å². The molecule has 2 saturated heterocycles. The van der Waals surface area contributed by atoms with Crippen LogP contribution in [0.3, 0.4) is 0 Å². The van der Waals surface area contributed by atoms with Crippen molar-refractivity contribution in [3.8, 4) is 0 Å². The van der Waals surface area contributed by atoms with Gasteiger partial charge in [-0.3, -0.25) is 0 Å². The molecule has 3 atom stereocenters. The van der Waals surface area contributed by atoms with Crippen LogP contribution in [0.4, 0.5) is 39.5 Å². The Balaban J connectivity index is 2.38. The normalized spacial score (nSPS) is 32.2. The second-order valence-electron chi connectivity index (χ2n) is 6.22. The zero-order valence-electron chi connectivity index (χ0n) is 12.1. The van der Waals surface area contributed by atoms with Crippen molar-refractivity contribution >= 4 is 0 Å². The van der Waals surface area contributed by atoms with E-state index < -0.39 is 55.3 Å². The van der Waals surface area contributed by atoms with Crippen LogP contribution in [-0.2, 0) is 4.74 Å². The molecular weight excluding hydrogens is 361 g/mol. The molecule has 2 aliphatic rings. The number of ether oxygens (including phenoxy) is 1. The SMILES string of the molecule is OC[C@]12CCC[NH+]1C[C@H](OC(C(F)(F)F)(C(F)(F)F)C(F)(F)F)C2. The van der Waals surface area contributed by atoms with E-state index in [1.165, 1.54) is 0 Å². The Labute approximate surface area is 130 Å². The average molecular weight is 376 g/mol. The summed E-state index contributed by atoms with van der Waals surface area (Å²) in [5, 5.41) is 9.38. The van der Waals surface area contributed by atoms with Gasteiger partial charge in [0.25, 0.3) is 0 Å². The van der Waals surface area contributed by atoms with Gasteiger partial charge in [-0.1, -0.05) is 0 Å². The quantitative estimate of drug-likeness (QED) is 0.734. The number of hydrogen-bond donors (Lipinski definition) is 2. The van der Waals surface area contributed by atoms with Crippen molar-refractivity contribution in [1.82, 2.24) is 0 Å². The van der Waals surface area contributed by atoms with E-state index >= 15 is 0 Å².